The van der Waals surface area contributed by atoms with Crippen LogP contribution < -0.4 is 0 Å². The first kappa shape index (κ1) is 52.2. The van der Waals surface area contributed by atoms with Crippen LogP contribution in [0.25, 0.3) is 0 Å². The van der Waals surface area contributed by atoms with Crippen molar-refractivity contribution < 1.29 is 42.1 Å². The van der Waals surface area contributed by atoms with Crippen molar-refractivity contribution in [2.45, 2.75) is 187 Å². The average Bonchev–Trinajstić information content (AvgIpc) is 3.12. The molecule has 0 heterocycles. The van der Waals surface area contributed by atoms with Crippen LogP contribution in [0.1, 0.15) is 181 Å². The average molecular weight is 785 g/mol. The van der Waals surface area contributed by atoms with Gasteiger partial charge in [-0.15, -0.1) is 0 Å². The number of allylic oxidation sites excluding steroid dienone is 6. The van der Waals surface area contributed by atoms with Crippen molar-refractivity contribution in [3.8, 4) is 0 Å². The lowest BCUT2D eigenvalue weighted by Gasteiger charge is -2.24. The first-order chi connectivity index (χ1) is 26.0. The number of esters is 2. The Morgan fingerprint density at radius 3 is 1.52 bits per heavy atom. The molecular weight excluding hydrogens is 701 g/mol. The number of nitrogens with zero attached hydrogens (tertiary/aromatic N) is 1. The van der Waals surface area contributed by atoms with Crippen molar-refractivity contribution in [3.63, 3.8) is 0 Å². The van der Waals surface area contributed by atoms with Gasteiger partial charge in [0.2, 0.25) is 0 Å². The van der Waals surface area contributed by atoms with Gasteiger partial charge in [-0.1, -0.05) is 134 Å². The van der Waals surface area contributed by atoms with E-state index < -0.39 is 26.5 Å². The maximum atomic E-state index is 12.7. The van der Waals surface area contributed by atoms with E-state index in [9.17, 15) is 19.0 Å². The van der Waals surface area contributed by atoms with Crippen molar-refractivity contribution in [2.75, 3.05) is 47.5 Å². The van der Waals surface area contributed by atoms with E-state index in [0.717, 1.165) is 70.6 Å². The normalized spacial score (nSPS) is 14.0. The molecule has 10 heteroatoms. The molecule has 0 aromatic carbocycles. The molecule has 0 aliphatic heterocycles. The van der Waals surface area contributed by atoms with Crippen LogP contribution in [0.2, 0.25) is 0 Å². The number of carbonyl (C=O) groups excluding carboxylic acids is 2. The van der Waals surface area contributed by atoms with E-state index in [1.54, 1.807) is 0 Å². The summed E-state index contributed by atoms with van der Waals surface area (Å²) in [7, 11) is 1.46. The van der Waals surface area contributed by atoms with Gasteiger partial charge in [-0.2, -0.15) is 0 Å². The van der Waals surface area contributed by atoms with E-state index >= 15 is 0 Å². The van der Waals surface area contributed by atoms with Gasteiger partial charge in [0, 0.05) is 12.8 Å². The van der Waals surface area contributed by atoms with E-state index in [1.807, 2.05) is 21.1 Å². The Balaban J connectivity index is 4.39. The van der Waals surface area contributed by atoms with Gasteiger partial charge in [-0.05, 0) is 70.6 Å². The Kier molecular flexibility index (Phi) is 35.6. The SMILES string of the molecule is CCCCC/C=C/C/C=C/CCCCCCCCCC(=O)O[C@H](COC(=O)CCCCCCC/C=C/CCCCCC)COP(=O)(O)OCC[N+](C)(C)C. The van der Waals surface area contributed by atoms with Gasteiger partial charge in [0.15, 0.2) is 6.10 Å². The second-order valence-corrected chi connectivity index (χ2v) is 17.2. The van der Waals surface area contributed by atoms with Crippen LogP contribution in [0.4, 0.5) is 0 Å². The minimum Gasteiger partial charge on any atom is -0.462 e. The van der Waals surface area contributed by atoms with Crippen LogP contribution in [-0.2, 0) is 32.7 Å². The van der Waals surface area contributed by atoms with Crippen LogP contribution in [0.5, 0.6) is 0 Å². The second kappa shape index (κ2) is 36.8. The molecule has 0 aromatic heterocycles. The summed E-state index contributed by atoms with van der Waals surface area (Å²) in [6.07, 6.45) is 40.4. The number of hydrogen-bond acceptors (Lipinski definition) is 7. The summed E-state index contributed by atoms with van der Waals surface area (Å²) < 4.78 is 34.3. The zero-order chi connectivity index (χ0) is 40.0. The molecule has 54 heavy (non-hydrogen) atoms. The summed E-state index contributed by atoms with van der Waals surface area (Å²) in [6, 6.07) is 0. The second-order valence-electron chi connectivity index (χ2n) is 15.7. The molecule has 1 unspecified atom stereocenters. The van der Waals surface area contributed by atoms with Crippen LogP contribution >= 0.6 is 7.82 Å². The molecule has 0 saturated carbocycles. The summed E-state index contributed by atoms with van der Waals surface area (Å²) in [4.78, 5) is 35.3. The number of hydrogen-bond donors (Lipinski definition) is 1. The third-order valence-electron chi connectivity index (χ3n) is 9.14. The highest BCUT2D eigenvalue weighted by Gasteiger charge is 2.27. The van der Waals surface area contributed by atoms with Gasteiger partial charge in [0.1, 0.15) is 19.8 Å². The first-order valence-corrected chi connectivity index (χ1v) is 23.2. The number of phosphoric ester groups is 1. The summed E-state index contributed by atoms with van der Waals surface area (Å²) in [5.74, 6) is -0.818. The number of likely N-dealkylation sites (N-methyl/N-ethyl adjacent to an activating group) is 1. The van der Waals surface area contributed by atoms with E-state index in [4.69, 9.17) is 18.5 Å². The fraction of sp³-hybridized carbons (Fsp3) is 0.818. The van der Waals surface area contributed by atoms with E-state index in [2.05, 4.69) is 50.3 Å². The molecule has 0 fully saturated rings. The van der Waals surface area contributed by atoms with Crippen molar-refractivity contribution in [1.82, 2.24) is 0 Å². The Labute approximate surface area is 331 Å². The maximum Gasteiger partial charge on any atom is 0.472 e. The third kappa shape index (κ3) is 39.9. The van der Waals surface area contributed by atoms with Crippen molar-refractivity contribution in [3.05, 3.63) is 36.5 Å². The molecule has 1 N–H and O–H groups in total. The lowest BCUT2D eigenvalue weighted by molar-refractivity contribution is -0.870. The number of unbranched alkanes of at least 4 members (excludes halogenated alkanes) is 19. The smallest absolute Gasteiger partial charge is 0.462 e. The molecule has 2 atom stereocenters. The third-order valence-corrected chi connectivity index (χ3v) is 10.1. The summed E-state index contributed by atoms with van der Waals surface area (Å²) >= 11 is 0. The number of quaternary nitrogens is 1. The molecule has 0 aliphatic rings. The number of rotatable bonds is 39. The van der Waals surface area contributed by atoms with Gasteiger partial charge in [0.05, 0.1) is 27.7 Å². The highest BCUT2D eigenvalue weighted by molar-refractivity contribution is 7.47. The molecular formula is C44H83NO8P+. The quantitative estimate of drug-likeness (QED) is 0.0216. The minimum absolute atomic E-state index is 0.0285. The summed E-state index contributed by atoms with van der Waals surface area (Å²) in [5, 5.41) is 0. The Hall–Kier alpha value is -1.77. The van der Waals surface area contributed by atoms with Crippen LogP contribution in [0.3, 0.4) is 0 Å². The van der Waals surface area contributed by atoms with Crippen LogP contribution in [-0.4, -0.2) is 74.9 Å². The molecule has 0 spiro atoms. The van der Waals surface area contributed by atoms with Gasteiger partial charge in [-0.25, -0.2) is 4.57 Å². The van der Waals surface area contributed by atoms with Crippen molar-refractivity contribution in [2.24, 2.45) is 0 Å². The Morgan fingerprint density at radius 2 is 1.00 bits per heavy atom. The van der Waals surface area contributed by atoms with Gasteiger partial charge in [0.25, 0.3) is 0 Å². The van der Waals surface area contributed by atoms with E-state index in [-0.39, 0.29) is 32.0 Å². The van der Waals surface area contributed by atoms with Crippen molar-refractivity contribution in [1.29, 1.82) is 0 Å². The molecule has 0 aliphatic carbocycles. The monoisotopic (exact) mass is 785 g/mol. The summed E-state index contributed by atoms with van der Waals surface area (Å²) in [6.45, 7) is 4.36. The van der Waals surface area contributed by atoms with Crippen molar-refractivity contribution >= 4 is 19.8 Å². The highest BCUT2D eigenvalue weighted by atomic mass is 31.2. The van der Waals surface area contributed by atoms with Gasteiger partial charge >= 0.3 is 19.8 Å². The first-order valence-electron chi connectivity index (χ1n) is 21.7. The molecule has 0 radical (unpaired) electrons. The van der Waals surface area contributed by atoms with E-state index in [1.165, 1.54) is 77.0 Å². The summed E-state index contributed by atoms with van der Waals surface area (Å²) in [5.41, 5.74) is 0. The predicted octanol–water partition coefficient (Wildman–Crippen LogP) is 12.1. The Morgan fingerprint density at radius 1 is 0.574 bits per heavy atom. The molecule has 0 bridgehead atoms. The van der Waals surface area contributed by atoms with Gasteiger partial charge < -0.3 is 18.9 Å². The lowest BCUT2D eigenvalue weighted by atomic mass is 10.1. The molecule has 9 nitrogen and oxygen atoms in total. The zero-order valence-corrected chi connectivity index (χ0v) is 36.3. The maximum absolute atomic E-state index is 12.7. The largest absolute Gasteiger partial charge is 0.472 e. The standard InChI is InChI=1S/C44H82NO8P/c1-6-8-10-12-14-16-18-20-21-22-23-25-27-29-31-33-35-37-44(47)53-42(41-52-54(48,49)51-39-38-45(3,4)5)40-50-43(46)36-34-32-30-28-26-24-19-17-15-13-11-9-7-2/h14,16-17,19-21,42H,6-13,15,18,22-41H2,1-5H3/p+1/b16-14+,19-17+,21-20+/t42-/m1/s1. The number of carbonyl (C=O) groups is 2. The van der Waals surface area contributed by atoms with E-state index in [0.29, 0.717) is 17.4 Å². The highest BCUT2D eigenvalue weighted by Crippen LogP contribution is 2.43. The topological polar surface area (TPSA) is 108 Å². The van der Waals surface area contributed by atoms with Crippen LogP contribution in [0, 0.1) is 0 Å². The molecule has 0 aromatic rings. The number of phosphoric acid groups is 1. The van der Waals surface area contributed by atoms with Crippen LogP contribution in [0.15, 0.2) is 36.5 Å². The predicted molar refractivity (Wildman–Crippen MR) is 224 cm³/mol. The molecule has 316 valence electrons. The molecule has 0 amide bonds. The zero-order valence-electron chi connectivity index (χ0n) is 35.5. The van der Waals surface area contributed by atoms with Gasteiger partial charge in [-0.3, -0.25) is 18.6 Å². The Bertz CT molecular complexity index is 1020. The fourth-order valence-electron chi connectivity index (χ4n) is 5.68. The molecule has 0 saturated heterocycles. The fourth-order valence-corrected chi connectivity index (χ4v) is 6.43. The molecule has 0 rings (SSSR count). The lowest BCUT2D eigenvalue weighted by Crippen LogP contribution is -2.37. The number of ether oxygens (including phenoxy) is 2. The minimum atomic E-state index is -4.38.